The Morgan fingerprint density at radius 2 is 1.70 bits per heavy atom. The van der Waals surface area contributed by atoms with Crippen molar-refractivity contribution in [2.24, 2.45) is 0 Å². The van der Waals surface area contributed by atoms with Crippen LogP contribution in [-0.2, 0) is 4.74 Å². The Labute approximate surface area is 123 Å². The molecule has 0 fully saturated rings. The van der Waals surface area contributed by atoms with Crippen LogP contribution in [0.3, 0.4) is 0 Å². The van der Waals surface area contributed by atoms with Crippen LogP contribution < -0.4 is 5.32 Å². The first-order valence-electron chi connectivity index (χ1n) is 7.68. The molecule has 4 heteroatoms. The summed E-state index contributed by atoms with van der Waals surface area (Å²) in [5, 5.41) is 3.47. The second-order valence-corrected chi connectivity index (χ2v) is 5.37. The van der Waals surface area contributed by atoms with Crippen molar-refractivity contribution in [2.75, 3.05) is 19.7 Å². The van der Waals surface area contributed by atoms with Crippen LogP contribution in [0.15, 0.2) is 0 Å². The summed E-state index contributed by atoms with van der Waals surface area (Å²) in [6, 6.07) is 0. The van der Waals surface area contributed by atoms with E-state index < -0.39 is 0 Å². The van der Waals surface area contributed by atoms with E-state index in [1.165, 1.54) is 5.56 Å². The van der Waals surface area contributed by atoms with E-state index >= 15 is 0 Å². The Morgan fingerprint density at radius 1 is 1.10 bits per heavy atom. The normalized spacial score (nSPS) is 14.3. The SMILES string of the molecule is CCCNCC(C)c1c(C)nc(C(C)OCC)nc1C. The van der Waals surface area contributed by atoms with E-state index in [0.29, 0.717) is 12.5 Å². The molecule has 20 heavy (non-hydrogen) atoms. The number of hydrogen-bond donors (Lipinski definition) is 1. The summed E-state index contributed by atoms with van der Waals surface area (Å²) < 4.78 is 5.58. The average molecular weight is 279 g/mol. The molecule has 0 saturated heterocycles. The zero-order valence-electron chi connectivity index (χ0n) is 13.8. The molecule has 0 amide bonds. The largest absolute Gasteiger partial charge is 0.371 e. The van der Waals surface area contributed by atoms with Crippen LogP contribution in [0.25, 0.3) is 0 Å². The molecule has 0 saturated carbocycles. The molecule has 0 aliphatic rings. The Hall–Kier alpha value is -1.00. The number of hydrogen-bond acceptors (Lipinski definition) is 4. The maximum atomic E-state index is 5.58. The Kier molecular flexibility index (Phi) is 7.10. The summed E-state index contributed by atoms with van der Waals surface area (Å²) in [4.78, 5) is 9.28. The summed E-state index contributed by atoms with van der Waals surface area (Å²) in [6.07, 6.45) is 1.12. The van der Waals surface area contributed by atoms with Crippen LogP contribution in [0.5, 0.6) is 0 Å². The molecule has 1 aromatic heterocycles. The average Bonchev–Trinajstić information content (AvgIpc) is 2.38. The molecule has 0 aliphatic heterocycles. The third kappa shape index (κ3) is 4.53. The van der Waals surface area contributed by atoms with E-state index in [-0.39, 0.29) is 6.10 Å². The Morgan fingerprint density at radius 3 is 2.20 bits per heavy atom. The highest BCUT2D eigenvalue weighted by molar-refractivity contribution is 5.28. The third-order valence-corrected chi connectivity index (χ3v) is 3.49. The highest BCUT2D eigenvalue weighted by Gasteiger charge is 2.17. The van der Waals surface area contributed by atoms with E-state index in [1.54, 1.807) is 0 Å². The predicted octanol–water partition coefficient (Wildman–Crippen LogP) is 3.29. The van der Waals surface area contributed by atoms with Crippen LogP contribution in [0.2, 0.25) is 0 Å². The van der Waals surface area contributed by atoms with Gasteiger partial charge in [-0.25, -0.2) is 9.97 Å². The molecule has 2 atom stereocenters. The molecule has 0 aromatic carbocycles. The third-order valence-electron chi connectivity index (χ3n) is 3.49. The second-order valence-electron chi connectivity index (χ2n) is 5.37. The summed E-state index contributed by atoms with van der Waals surface area (Å²) in [7, 11) is 0. The quantitative estimate of drug-likeness (QED) is 0.742. The van der Waals surface area contributed by atoms with Gasteiger partial charge < -0.3 is 10.1 Å². The van der Waals surface area contributed by atoms with Gasteiger partial charge in [-0.2, -0.15) is 0 Å². The molecule has 0 bridgehead atoms. The summed E-state index contributed by atoms with van der Waals surface area (Å²) in [5.41, 5.74) is 3.41. The first-order chi connectivity index (χ1) is 9.51. The number of ether oxygens (including phenoxy) is 1. The summed E-state index contributed by atoms with van der Waals surface area (Å²) >= 11 is 0. The van der Waals surface area contributed by atoms with E-state index in [9.17, 15) is 0 Å². The zero-order chi connectivity index (χ0) is 15.1. The summed E-state index contributed by atoms with van der Waals surface area (Å²) in [5.74, 6) is 1.22. The maximum absolute atomic E-state index is 5.58. The number of nitrogens with one attached hydrogen (secondary N) is 1. The molecule has 2 unspecified atom stereocenters. The molecular weight excluding hydrogens is 250 g/mol. The van der Waals surface area contributed by atoms with Crippen LogP contribution in [-0.4, -0.2) is 29.7 Å². The fraction of sp³-hybridized carbons (Fsp3) is 0.750. The minimum Gasteiger partial charge on any atom is -0.371 e. The van der Waals surface area contributed by atoms with E-state index in [1.807, 2.05) is 13.8 Å². The van der Waals surface area contributed by atoms with Crippen LogP contribution in [0.1, 0.15) is 68.9 Å². The molecule has 1 aromatic rings. The zero-order valence-corrected chi connectivity index (χ0v) is 13.8. The molecule has 0 spiro atoms. The molecule has 1 N–H and O–H groups in total. The first kappa shape index (κ1) is 17.1. The fourth-order valence-corrected chi connectivity index (χ4v) is 2.57. The van der Waals surface area contributed by atoms with E-state index in [4.69, 9.17) is 4.74 Å². The molecule has 0 radical (unpaired) electrons. The lowest BCUT2D eigenvalue weighted by molar-refractivity contribution is 0.0697. The topological polar surface area (TPSA) is 47.0 Å². The monoisotopic (exact) mass is 279 g/mol. The van der Waals surface area contributed by atoms with Gasteiger partial charge in [0, 0.05) is 24.5 Å². The van der Waals surface area contributed by atoms with Gasteiger partial charge in [0.2, 0.25) is 0 Å². The molecule has 4 nitrogen and oxygen atoms in total. The van der Waals surface area contributed by atoms with Crippen molar-refractivity contribution in [3.63, 3.8) is 0 Å². The lowest BCUT2D eigenvalue weighted by Gasteiger charge is -2.19. The van der Waals surface area contributed by atoms with Gasteiger partial charge in [-0.05, 0) is 52.1 Å². The standard InChI is InChI=1S/C16H29N3O/c1-7-9-17-10-11(3)15-12(4)18-16(19-13(15)5)14(6)20-8-2/h11,14,17H,7-10H2,1-6H3. The van der Waals surface area contributed by atoms with Gasteiger partial charge in [0.25, 0.3) is 0 Å². The van der Waals surface area contributed by atoms with Gasteiger partial charge >= 0.3 is 0 Å². The van der Waals surface area contributed by atoms with Gasteiger partial charge in [0.1, 0.15) is 6.10 Å². The van der Waals surface area contributed by atoms with Crippen LogP contribution in [0, 0.1) is 13.8 Å². The fourth-order valence-electron chi connectivity index (χ4n) is 2.57. The molecule has 1 rings (SSSR count). The Balaban J connectivity index is 2.88. The van der Waals surface area contributed by atoms with Crippen LogP contribution >= 0.6 is 0 Å². The van der Waals surface area contributed by atoms with E-state index in [0.717, 1.165) is 36.7 Å². The minimum absolute atomic E-state index is 0.0417. The molecular formula is C16H29N3O. The highest BCUT2D eigenvalue weighted by Crippen LogP contribution is 2.23. The van der Waals surface area contributed by atoms with Gasteiger partial charge in [-0.3, -0.25) is 0 Å². The number of aromatic nitrogens is 2. The number of nitrogens with zero attached hydrogens (tertiary/aromatic N) is 2. The highest BCUT2D eigenvalue weighted by atomic mass is 16.5. The van der Waals surface area contributed by atoms with Crippen LogP contribution in [0.4, 0.5) is 0 Å². The lowest BCUT2D eigenvalue weighted by atomic mass is 9.98. The van der Waals surface area contributed by atoms with E-state index in [2.05, 4.69) is 43.0 Å². The Bertz CT molecular complexity index is 397. The second kappa shape index (κ2) is 8.32. The van der Waals surface area contributed by atoms with Gasteiger partial charge in [-0.15, -0.1) is 0 Å². The molecule has 1 heterocycles. The van der Waals surface area contributed by atoms with Gasteiger partial charge in [0.05, 0.1) is 0 Å². The lowest BCUT2D eigenvalue weighted by Crippen LogP contribution is -2.22. The van der Waals surface area contributed by atoms with Gasteiger partial charge in [0.15, 0.2) is 5.82 Å². The van der Waals surface area contributed by atoms with Crippen molar-refractivity contribution in [1.29, 1.82) is 0 Å². The number of aryl methyl sites for hydroxylation is 2. The molecule has 0 aliphatic carbocycles. The molecule has 114 valence electrons. The minimum atomic E-state index is -0.0417. The van der Waals surface area contributed by atoms with Crippen molar-refractivity contribution in [3.05, 3.63) is 22.8 Å². The van der Waals surface area contributed by atoms with Crippen molar-refractivity contribution >= 4 is 0 Å². The smallest absolute Gasteiger partial charge is 0.157 e. The van der Waals surface area contributed by atoms with Crippen molar-refractivity contribution < 1.29 is 4.74 Å². The maximum Gasteiger partial charge on any atom is 0.157 e. The number of rotatable bonds is 8. The predicted molar refractivity (Wildman–Crippen MR) is 83.1 cm³/mol. The van der Waals surface area contributed by atoms with Crippen molar-refractivity contribution in [2.45, 2.75) is 60.0 Å². The van der Waals surface area contributed by atoms with Crippen molar-refractivity contribution in [3.8, 4) is 0 Å². The first-order valence-corrected chi connectivity index (χ1v) is 7.68. The van der Waals surface area contributed by atoms with Gasteiger partial charge in [-0.1, -0.05) is 13.8 Å². The van der Waals surface area contributed by atoms with Crippen molar-refractivity contribution in [1.82, 2.24) is 15.3 Å². The summed E-state index contributed by atoms with van der Waals surface area (Å²) in [6.45, 7) is 15.3.